The molecule has 1 aromatic carbocycles. The van der Waals surface area contributed by atoms with Gasteiger partial charge in [-0.05, 0) is 24.3 Å². The lowest BCUT2D eigenvalue weighted by molar-refractivity contribution is 0.122. The lowest BCUT2D eigenvalue weighted by atomic mass is 10.2. The van der Waals surface area contributed by atoms with Crippen LogP contribution in [0.2, 0.25) is 0 Å². The predicted molar refractivity (Wildman–Crippen MR) is 104 cm³/mol. The predicted octanol–water partition coefficient (Wildman–Crippen LogP) is 1.73. The number of hydrogen-bond donors (Lipinski definition) is 2. The zero-order chi connectivity index (χ0) is 18.9. The van der Waals surface area contributed by atoms with Crippen LogP contribution in [0.5, 0.6) is 0 Å². The van der Waals surface area contributed by atoms with E-state index in [1.165, 1.54) is 5.69 Å². The van der Waals surface area contributed by atoms with Gasteiger partial charge in [0.15, 0.2) is 5.82 Å². The molecule has 3 aromatic heterocycles. The van der Waals surface area contributed by atoms with Crippen LogP contribution in [0.15, 0.2) is 36.8 Å². The van der Waals surface area contributed by atoms with Crippen molar-refractivity contribution in [1.82, 2.24) is 34.9 Å². The van der Waals surface area contributed by atoms with E-state index in [1.807, 2.05) is 19.2 Å². The highest BCUT2D eigenvalue weighted by atomic mass is 16.5. The van der Waals surface area contributed by atoms with Crippen molar-refractivity contribution in [2.45, 2.75) is 0 Å². The van der Waals surface area contributed by atoms with Crippen LogP contribution < -0.4 is 10.2 Å². The van der Waals surface area contributed by atoms with E-state index < -0.39 is 0 Å². The van der Waals surface area contributed by atoms with Gasteiger partial charge < -0.3 is 15.0 Å². The molecule has 2 N–H and O–H groups in total. The number of anilines is 3. The van der Waals surface area contributed by atoms with Crippen LogP contribution in [0, 0.1) is 0 Å². The molecular weight excluding hydrogens is 358 g/mol. The topological polar surface area (TPSA) is 110 Å². The maximum absolute atomic E-state index is 5.42. The SMILES string of the molecule is Cn1cnc(-c2nc(Nc3ccc(N4CCOCC4)cc3)c3[nH]ncc3n2)n1. The van der Waals surface area contributed by atoms with Gasteiger partial charge in [-0.25, -0.2) is 15.0 Å². The van der Waals surface area contributed by atoms with E-state index in [0.717, 1.165) is 37.5 Å². The van der Waals surface area contributed by atoms with Gasteiger partial charge in [0, 0.05) is 31.5 Å². The number of nitrogens with one attached hydrogen (secondary N) is 2. The van der Waals surface area contributed by atoms with Crippen molar-refractivity contribution < 1.29 is 4.74 Å². The summed E-state index contributed by atoms with van der Waals surface area (Å²) in [7, 11) is 1.81. The Kier molecular flexibility index (Phi) is 4.09. The highest BCUT2D eigenvalue weighted by molar-refractivity contribution is 5.88. The number of benzene rings is 1. The minimum atomic E-state index is 0.446. The normalized spacial score (nSPS) is 14.5. The summed E-state index contributed by atoms with van der Waals surface area (Å²) < 4.78 is 7.04. The molecule has 0 unspecified atom stereocenters. The Balaban J connectivity index is 1.45. The average molecular weight is 377 g/mol. The Morgan fingerprint density at radius 3 is 2.64 bits per heavy atom. The molecule has 1 fully saturated rings. The highest BCUT2D eigenvalue weighted by Gasteiger charge is 2.15. The molecule has 1 aliphatic heterocycles. The molecule has 1 aliphatic rings. The highest BCUT2D eigenvalue weighted by Crippen LogP contribution is 2.26. The third-order valence-corrected chi connectivity index (χ3v) is 4.61. The molecule has 1 saturated heterocycles. The number of fused-ring (bicyclic) bond motifs is 1. The molecule has 0 atom stereocenters. The third kappa shape index (κ3) is 3.14. The first-order valence-electron chi connectivity index (χ1n) is 9.03. The van der Waals surface area contributed by atoms with Gasteiger partial charge >= 0.3 is 0 Å². The fourth-order valence-corrected chi connectivity index (χ4v) is 3.19. The van der Waals surface area contributed by atoms with Crippen LogP contribution in [0.4, 0.5) is 17.2 Å². The van der Waals surface area contributed by atoms with E-state index in [2.05, 4.69) is 52.6 Å². The Labute approximate surface area is 160 Å². The largest absolute Gasteiger partial charge is 0.378 e. The van der Waals surface area contributed by atoms with Crippen LogP contribution in [-0.2, 0) is 11.8 Å². The minimum absolute atomic E-state index is 0.446. The average Bonchev–Trinajstić information content (AvgIpc) is 3.38. The summed E-state index contributed by atoms with van der Waals surface area (Å²) in [6, 6.07) is 8.27. The lowest BCUT2D eigenvalue weighted by Crippen LogP contribution is -2.36. The number of aromatic nitrogens is 7. The third-order valence-electron chi connectivity index (χ3n) is 4.61. The minimum Gasteiger partial charge on any atom is -0.378 e. The van der Waals surface area contributed by atoms with E-state index in [1.54, 1.807) is 17.2 Å². The molecule has 142 valence electrons. The van der Waals surface area contributed by atoms with Crippen molar-refractivity contribution in [3.05, 3.63) is 36.8 Å². The molecule has 4 heterocycles. The molecular formula is C18H19N9O. The molecule has 4 aromatic rings. The standard InChI is InChI=1S/C18H19N9O/c1-26-11-19-17(25-26)18-22-14-10-20-24-15(14)16(23-18)21-12-2-4-13(5-3-12)27-6-8-28-9-7-27/h2-5,10-11H,6-9H2,1H3,(H,20,24)(H,21,22,23). The number of H-pyrrole nitrogens is 1. The van der Waals surface area contributed by atoms with Gasteiger partial charge in [0.2, 0.25) is 11.6 Å². The summed E-state index contributed by atoms with van der Waals surface area (Å²) >= 11 is 0. The summed E-state index contributed by atoms with van der Waals surface area (Å²) in [6.45, 7) is 3.36. The Hall–Kier alpha value is -3.53. The molecule has 28 heavy (non-hydrogen) atoms. The van der Waals surface area contributed by atoms with Gasteiger partial charge in [-0.2, -0.15) is 5.10 Å². The fourth-order valence-electron chi connectivity index (χ4n) is 3.19. The number of nitrogens with zero attached hydrogens (tertiary/aromatic N) is 7. The smallest absolute Gasteiger partial charge is 0.219 e. The number of rotatable bonds is 4. The quantitative estimate of drug-likeness (QED) is 0.553. The molecule has 0 aliphatic carbocycles. The second kappa shape index (κ2) is 6.89. The molecule has 0 amide bonds. The zero-order valence-electron chi connectivity index (χ0n) is 15.3. The van der Waals surface area contributed by atoms with E-state index >= 15 is 0 Å². The summed E-state index contributed by atoms with van der Waals surface area (Å²) in [4.78, 5) is 15.7. The number of hydrogen-bond acceptors (Lipinski definition) is 8. The summed E-state index contributed by atoms with van der Waals surface area (Å²) in [5.74, 6) is 1.54. The van der Waals surface area contributed by atoms with Gasteiger partial charge in [0.25, 0.3) is 0 Å². The van der Waals surface area contributed by atoms with Crippen LogP contribution in [-0.4, -0.2) is 61.2 Å². The summed E-state index contributed by atoms with van der Waals surface area (Å²) in [6.07, 6.45) is 3.28. The van der Waals surface area contributed by atoms with E-state index in [0.29, 0.717) is 23.0 Å². The fraction of sp³-hybridized carbons (Fsp3) is 0.278. The van der Waals surface area contributed by atoms with Gasteiger partial charge in [-0.15, -0.1) is 5.10 Å². The maximum Gasteiger partial charge on any atom is 0.219 e. The summed E-state index contributed by atoms with van der Waals surface area (Å²) in [5, 5.41) is 14.7. The van der Waals surface area contributed by atoms with Crippen molar-refractivity contribution in [3.63, 3.8) is 0 Å². The Morgan fingerprint density at radius 1 is 1.07 bits per heavy atom. The second-order valence-electron chi connectivity index (χ2n) is 6.54. The zero-order valence-corrected chi connectivity index (χ0v) is 15.3. The molecule has 0 bridgehead atoms. The molecule has 5 rings (SSSR count). The monoisotopic (exact) mass is 377 g/mol. The van der Waals surface area contributed by atoms with Gasteiger partial charge in [0.1, 0.15) is 17.4 Å². The second-order valence-corrected chi connectivity index (χ2v) is 6.54. The first-order valence-corrected chi connectivity index (χ1v) is 9.03. The molecule has 0 radical (unpaired) electrons. The Bertz CT molecular complexity index is 1100. The van der Waals surface area contributed by atoms with Gasteiger partial charge in [-0.3, -0.25) is 9.78 Å². The van der Waals surface area contributed by atoms with Crippen LogP contribution in [0.25, 0.3) is 22.7 Å². The van der Waals surface area contributed by atoms with E-state index in [4.69, 9.17) is 4.74 Å². The van der Waals surface area contributed by atoms with Crippen LogP contribution in [0.1, 0.15) is 0 Å². The number of morpholine rings is 1. The number of ether oxygens (including phenoxy) is 1. The number of aryl methyl sites for hydroxylation is 1. The van der Waals surface area contributed by atoms with Crippen molar-refractivity contribution in [1.29, 1.82) is 0 Å². The molecule has 10 heteroatoms. The number of aromatic amines is 1. The van der Waals surface area contributed by atoms with Crippen LogP contribution in [0.3, 0.4) is 0 Å². The van der Waals surface area contributed by atoms with Gasteiger partial charge in [0.05, 0.1) is 19.4 Å². The van der Waals surface area contributed by atoms with Crippen molar-refractivity contribution in [3.8, 4) is 11.6 Å². The molecule has 0 spiro atoms. The van der Waals surface area contributed by atoms with Crippen molar-refractivity contribution >= 4 is 28.2 Å². The first-order chi connectivity index (χ1) is 13.8. The Morgan fingerprint density at radius 2 is 1.89 bits per heavy atom. The van der Waals surface area contributed by atoms with Gasteiger partial charge in [-0.1, -0.05) is 0 Å². The lowest BCUT2D eigenvalue weighted by Gasteiger charge is -2.28. The van der Waals surface area contributed by atoms with Crippen molar-refractivity contribution in [2.24, 2.45) is 7.05 Å². The van der Waals surface area contributed by atoms with E-state index in [9.17, 15) is 0 Å². The molecule has 0 saturated carbocycles. The maximum atomic E-state index is 5.42. The first kappa shape index (κ1) is 16.6. The van der Waals surface area contributed by atoms with Crippen LogP contribution >= 0.6 is 0 Å². The molecule has 10 nitrogen and oxygen atoms in total. The van der Waals surface area contributed by atoms with E-state index in [-0.39, 0.29) is 0 Å². The summed E-state index contributed by atoms with van der Waals surface area (Å²) in [5.41, 5.74) is 3.54. The van der Waals surface area contributed by atoms with Crippen molar-refractivity contribution in [2.75, 3.05) is 36.5 Å².